The van der Waals surface area contributed by atoms with Crippen molar-refractivity contribution >= 4 is 17.9 Å². The van der Waals surface area contributed by atoms with Crippen molar-refractivity contribution in [2.24, 2.45) is 0 Å². The van der Waals surface area contributed by atoms with Crippen LogP contribution in [0.25, 0.3) is 0 Å². The molecule has 0 unspecified atom stereocenters. The van der Waals surface area contributed by atoms with Crippen LogP contribution < -0.4 is 0 Å². The Kier molecular flexibility index (Phi) is 2.88. The van der Waals surface area contributed by atoms with E-state index in [9.17, 15) is 4.79 Å². The molecule has 1 aromatic carbocycles. The van der Waals surface area contributed by atoms with Gasteiger partial charge in [0.15, 0.2) is 6.29 Å². The van der Waals surface area contributed by atoms with Crippen LogP contribution in [0.15, 0.2) is 18.2 Å². The molecular formula is C10H11ClO. The monoisotopic (exact) mass is 182 g/mol. The van der Waals surface area contributed by atoms with Gasteiger partial charge < -0.3 is 0 Å². The second-order valence-electron chi connectivity index (χ2n) is 3.05. The van der Waals surface area contributed by atoms with Gasteiger partial charge in [-0.3, -0.25) is 4.79 Å². The Morgan fingerprint density at radius 2 is 2.08 bits per heavy atom. The van der Waals surface area contributed by atoms with Gasteiger partial charge in [0, 0.05) is 5.56 Å². The van der Waals surface area contributed by atoms with Crippen LogP contribution in [0.1, 0.15) is 35.7 Å². The number of rotatable bonds is 2. The Hall–Kier alpha value is -0.820. The van der Waals surface area contributed by atoms with Crippen LogP contribution >= 0.6 is 11.6 Å². The minimum absolute atomic E-state index is 0.431. The number of aldehydes is 1. The standard InChI is InChI=1S/C10H11ClO/c1-7(2)8-3-4-10(11)9(5-8)6-12/h3-7H,1-2H3. The van der Waals surface area contributed by atoms with E-state index < -0.39 is 0 Å². The highest BCUT2D eigenvalue weighted by molar-refractivity contribution is 6.32. The third kappa shape index (κ3) is 1.86. The van der Waals surface area contributed by atoms with Gasteiger partial charge in [0.25, 0.3) is 0 Å². The van der Waals surface area contributed by atoms with Gasteiger partial charge in [0.05, 0.1) is 5.02 Å². The molecule has 0 aliphatic carbocycles. The summed E-state index contributed by atoms with van der Waals surface area (Å²) in [5.74, 6) is 0.431. The first-order chi connectivity index (χ1) is 5.65. The lowest BCUT2D eigenvalue weighted by molar-refractivity contribution is 0.112. The highest BCUT2D eigenvalue weighted by Gasteiger charge is 2.03. The molecule has 1 rings (SSSR count). The molecule has 64 valence electrons. The number of carbonyl (C=O) groups excluding carboxylic acids is 1. The van der Waals surface area contributed by atoms with Gasteiger partial charge >= 0.3 is 0 Å². The van der Waals surface area contributed by atoms with Crippen LogP contribution in [0.2, 0.25) is 5.02 Å². The Bertz CT molecular complexity index is 292. The van der Waals surface area contributed by atoms with Crippen LogP contribution in [0.3, 0.4) is 0 Å². The van der Waals surface area contributed by atoms with E-state index in [0.717, 1.165) is 11.8 Å². The summed E-state index contributed by atoms with van der Waals surface area (Å²) in [5, 5.41) is 0.523. The summed E-state index contributed by atoms with van der Waals surface area (Å²) in [6, 6.07) is 5.54. The zero-order valence-corrected chi connectivity index (χ0v) is 7.93. The van der Waals surface area contributed by atoms with Gasteiger partial charge in [0.1, 0.15) is 0 Å². The zero-order valence-electron chi connectivity index (χ0n) is 7.17. The van der Waals surface area contributed by atoms with E-state index in [1.54, 1.807) is 6.07 Å². The quantitative estimate of drug-likeness (QED) is 0.642. The van der Waals surface area contributed by atoms with Crippen molar-refractivity contribution in [3.05, 3.63) is 34.3 Å². The van der Waals surface area contributed by atoms with Crippen molar-refractivity contribution < 1.29 is 4.79 Å². The minimum Gasteiger partial charge on any atom is -0.298 e. The van der Waals surface area contributed by atoms with Crippen molar-refractivity contribution in [2.45, 2.75) is 19.8 Å². The summed E-state index contributed by atoms with van der Waals surface area (Å²) in [6.07, 6.45) is 0.786. The van der Waals surface area contributed by atoms with Crippen molar-refractivity contribution in [1.29, 1.82) is 0 Å². The summed E-state index contributed by atoms with van der Waals surface area (Å²) >= 11 is 5.77. The molecule has 0 aliphatic heterocycles. The number of hydrogen-bond acceptors (Lipinski definition) is 1. The van der Waals surface area contributed by atoms with E-state index in [2.05, 4.69) is 13.8 Å². The topological polar surface area (TPSA) is 17.1 Å². The Balaban J connectivity index is 3.13. The summed E-state index contributed by atoms with van der Waals surface area (Å²) in [6.45, 7) is 4.16. The van der Waals surface area contributed by atoms with Gasteiger partial charge in [-0.25, -0.2) is 0 Å². The predicted molar refractivity (Wildman–Crippen MR) is 50.9 cm³/mol. The molecule has 0 fully saturated rings. The van der Waals surface area contributed by atoms with Gasteiger partial charge in [0.2, 0.25) is 0 Å². The molecule has 12 heavy (non-hydrogen) atoms. The van der Waals surface area contributed by atoms with Gasteiger partial charge in [-0.2, -0.15) is 0 Å². The van der Waals surface area contributed by atoms with Gasteiger partial charge in [-0.1, -0.05) is 31.5 Å². The molecule has 0 aromatic heterocycles. The first-order valence-corrected chi connectivity index (χ1v) is 4.27. The van der Waals surface area contributed by atoms with Crippen LogP contribution in [0.4, 0.5) is 0 Å². The maximum Gasteiger partial charge on any atom is 0.151 e. The summed E-state index contributed by atoms with van der Waals surface area (Å²) in [5.41, 5.74) is 1.71. The van der Waals surface area contributed by atoms with Crippen LogP contribution in [0, 0.1) is 0 Å². The molecule has 0 saturated carbocycles. The lowest BCUT2D eigenvalue weighted by atomic mass is 10.0. The lowest BCUT2D eigenvalue weighted by Crippen LogP contribution is -1.90. The fraction of sp³-hybridized carbons (Fsp3) is 0.300. The Morgan fingerprint density at radius 1 is 1.42 bits per heavy atom. The molecule has 0 radical (unpaired) electrons. The highest BCUT2D eigenvalue weighted by atomic mass is 35.5. The normalized spacial score (nSPS) is 10.3. The minimum atomic E-state index is 0.431. The summed E-state index contributed by atoms with van der Waals surface area (Å²) < 4.78 is 0. The number of halogens is 1. The molecule has 0 bridgehead atoms. The van der Waals surface area contributed by atoms with Crippen molar-refractivity contribution in [3.8, 4) is 0 Å². The van der Waals surface area contributed by atoms with E-state index in [4.69, 9.17) is 11.6 Å². The van der Waals surface area contributed by atoms with E-state index >= 15 is 0 Å². The molecule has 1 nitrogen and oxygen atoms in total. The fourth-order valence-electron chi connectivity index (χ4n) is 1.01. The van der Waals surface area contributed by atoms with Gasteiger partial charge in [-0.05, 0) is 23.6 Å². The fourth-order valence-corrected chi connectivity index (χ4v) is 1.17. The first-order valence-electron chi connectivity index (χ1n) is 3.89. The number of carbonyl (C=O) groups is 1. The van der Waals surface area contributed by atoms with Crippen molar-refractivity contribution in [1.82, 2.24) is 0 Å². The van der Waals surface area contributed by atoms with Crippen molar-refractivity contribution in [3.63, 3.8) is 0 Å². The average Bonchev–Trinajstić information content (AvgIpc) is 2.05. The second-order valence-corrected chi connectivity index (χ2v) is 3.46. The van der Waals surface area contributed by atoms with E-state index in [0.29, 0.717) is 16.5 Å². The third-order valence-electron chi connectivity index (χ3n) is 1.81. The number of hydrogen-bond donors (Lipinski definition) is 0. The molecule has 0 atom stereocenters. The van der Waals surface area contributed by atoms with E-state index in [1.807, 2.05) is 12.1 Å². The molecular weight excluding hydrogens is 172 g/mol. The third-order valence-corrected chi connectivity index (χ3v) is 2.16. The largest absolute Gasteiger partial charge is 0.298 e. The average molecular weight is 183 g/mol. The van der Waals surface area contributed by atoms with Crippen LogP contribution in [-0.4, -0.2) is 6.29 Å². The summed E-state index contributed by atoms with van der Waals surface area (Å²) in [4.78, 5) is 10.5. The van der Waals surface area contributed by atoms with E-state index in [-0.39, 0.29) is 0 Å². The molecule has 0 amide bonds. The van der Waals surface area contributed by atoms with Crippen LogP contribution in [-0.2, 0) is 0 Å². The molecule has 0 N–H and O–H groups in total. The molecule has 0 aliphatic rings. The second kappa shape index (κ2) is 3.72. The Morgan fingerprint density at radius 3 is 2.58 bits per heavy atom. The van der Waals surface area contributed by atoms with Crippen molar-refractivity contribution in [2.75, 3.05) is 0 Å². The predicted octanol–water partition coefficient (Wildman–Crippen LogP) is 3.28. The van der Waals surface area contributed by atoms with Gasteiger partial charge in [-0.15, -0.1) is 0 Å². The molecule has 1 aromatic rings. The lowest BCUT2D eigenvalue weighted by Gasteiger charge is -2.05. The summed E-state index contributed by atoms with van der Waals surface area (Å²) in [7, 11) is 0. The molecule has 0 heterocycles. The number of benzene rings is 1. The smallest absolute Gasteiger partial charge is 0.151 e. The first kappa shape index (κ1) is 9.27. The highest BCUT2D eigenvalue weighted by Crippen LogP contribution is 2.20. The van der Waals surface area contributed by atoms with Crippen LogP contribution in [0.5, 0.6) is 0 Å². The van der Waals surface area contributed by atoms with E-state index in [1.165, 1.54) is 0 Å². The Labute approximate surface area is 77.4 Å². The molecule has 2 heteroatoms. The zero-order chi connectivity index (χ0) is 9.14. The molecule has 0 spiro atoms. The SMILES string of the molecule is CC(C)c1ccc(Cl)c(C=O)c1. The maximum atomic E-state index is 10.5. The molecule has 0 saturated heterocycles. The maximum absolute atomic E-state index is 10.5.